The molecule has 0 aliphatic rings. The molecule has 0 spiro atoms. The van der Waals surface area contributed by atoms with Crippen LogP contribution in [0.1, 0.15) is 15.9 Å². The number of non-ortho nitro benzene ring substituents is 1. The zero-order chi connectivity index (χ0) is 25.5. The van der Waals surface area contributed by atoms with Crippen molar-refractivity contribution in [2.45, 2.75) is 0 Å². The van der Waals surface area contributed by atoms with Crippen LogP contribution in [0, 0.1) is 20.2 Å². The van der Waals surface area contributed by atoms with Gasteiger partial charge in [0.2, 0.25) is 0 Å². The Labute approximate surface area is 207 Å². The average Bonchev–Trinajstić information content (AvgIpc) is 2.83. The van der Waals surface area contributed by atoms with E-state index < -0.39 is 33.0 Å². The molecule has 0 bridgehead atoms. The van der Waals surface area contributed by atoms with Crippen LogP contribution < -0.4 is 16.2 Å². The molecule has 11 nitrogen and oxygen atoms in total. The maximum Gasteiger partial charge on any atom is 0.300 e. The van der Waals surface area contributed by atoms with Crippen molar-refractivity contribution in [2.75, 3.05) is 5.43 Å². The van der Waals surface area contributed by atoms with Gasteiger partial charge >= 0.3 is 5.69 Å². The first-order valence-corrected chi connectivity index (χ1v) is 10.4. The molecule has 3 aromatic rings. The van der Waals surface area contributed by atoms with E-state index in [1.54, 1.807) is 30.3 Å². The van der Waals surface area contributed by atoms with Crippen LogP contribution in [-0.4, -0.2) is 21.7 Å². The van der Waals surface area contributed by atoms with Crippen LogP contribution in [0.3, 0.4) is 0 Å². The van der Waals surface area contributed by atoms with E-state index in [1.807, 2.05) is 0 Å². The van der Waals surface area contributed by atoms with Gasteiger partial charge in [0.05, 0.1) is 15.9 Å². The molecule has 0 unspecified atom stereocenters. The number of hydrogen-bond donors (Lipinski definition) is 3. The Balaban J connectivity index is 1.89. The van der Waals surface area contributed by atoms with E-state index in [0.29, 0.717) is 10.6 Å². The lowest BCUT2D eigenvalue weighted by molar-refractivity contribution is -0.393. The number of carbonyl (C=O) groups excluding carboxylic acids is 2. The number of benzene rings is 3. The number of nitrogens with zero attached hydrogens (tertiary/aromatic N) is 2. The first-order valence-electron chi connectivity index (χ1n) is 9.68. The zero-order valence-corrected chi connectivity index (χ0v) is 19.0. The van der Waals surface area contributed by atoms with Crippen LogP contribution in [0.4, 0.5) is 17.1 Å². The normalized spacial score (nSPS) is 10.9. The van der Waals surface area contributed by atoms with E-state index in [9.17, 15) is 29.8 Å². The summed E-state index contributed by atoms with van der Waals surface area (Å²) in [7, 11) is 0. The molecule has 13 heteroatoms. The molecule has 3 aromatic carbocycles. The Bertz CT molecular complexity index is 1350. The summed E-state index contributed by atoms with van der Waals surface area (Å²) in [5.74, 6) is -1.48. The predicted octanol–water partition coefficient (Wildman–Crippen LogP) is 4.72. The van der Waals surface area contributed by atoms with E-state index >= 15 is 0 Å². The van der Waals surface area contributed by atoms with Crippen molar-refractivity contribution in [2.24, 2.45) is 0 Å². The Hall–Kier alpha value is -4.48. The lowest BCUT2D eigenvalue weighted by atomic mass is 10.1. The second kappa shape index (κ2) is 11.1. The number of halogens is 2. The third kappa shape index (κ3) is 6.53. The van der Waals surface area contributed by atoms with Gasteiger partial charge in [-0.15, -0.1) is 0 Å². The molecule has 0 saturated carbocycles. The van der Waals surface area contributed by atoms with Crippen LogP contribution >= 0.6 is 23.2 Å². The van der Waals surface area contributed by atoms with E-state index in [4.69, 9.17) is 23.2 Å². The number of nitrogens with one attached hydrogen (secondary N) is 3. The van der Waals surface area contributed by atoms with Crippen LogP contribution in [0.15, 0.2) is 72.4 Å². The first kappa shape index (κ1) is 25.1. The van der Waals surface area contributed by atoms with E-state index in [1.165, 1.54) is 24.3 Å². The van der Waals surface area contributed by atoms with Gasteiger partial charge in [0.15, 0.2) is 0 Å². The van der Waals surface area contributed by atoms with Gasteiger partial charge < -0.3 is 5.32 Å². The molecule has 35 heavy (non-hydrogen) atoms. The second-order valence-corrected chi connectivity index (χ2v) is 7.68. The maximum absolute atomic E-state index is 12.9. The van der Waals surface area contributed by atoms with Crippen LogP contribution in [0.2, 0.25) is 10.0 Å². The van der Waals surface area contributed by atoms with Gasteiger partial charge in [-0.05, 0) is 42.0 Å². The number of nitro benzene ring substituents is 2. The number of anilines is 1. The summed E-state index contributed by atoms with van der Waals surface area (Å²) in [6, 6.07) is 15.4. The van der Waals surface area contributed by atoms with Crippen molar-refractivity contribution in [1.29, 1.82) is 0 Å². The zero-order valence-electron chi connectivity index (χ0n) is 17.5. The van der Waals surface area contributed by atoms with Crippen LogP contribution in [-0.2, 0) is 4.79 Å². The molecule has 0 aliphatic carbocycles. The fraction of sp³-hybridized carbons (Fsp3) is 0. The number of rotatable bonds is 8. The van der Waals surface area contributed by atoms with E-state index in [2.05, 4.69) is 16.2 Å². The molecule has 0 radical (unpaired) electrons. The van der Waals surface area contributed by atoms with Crippen molar-refractivity contribution in [3.63, 3.8) is 0 Å². The van der Waals surface area contributed by atoms with E-state index in [0.717, 1.165) is 18.2 Å². The molecule has 0 saturated heterocycles. The van der Waals surface area contributed by atoms with E-state index in [-0.39, 0.29) is 22.0 Å². The minimum absolute atomic E-state index is 0.204. The second-order valence-electron chi connectivity index (χ2n) is 6.84. The molecule has 0 aliphatic heterocycles. The first-order chi connectivity index (χ1) is 16.7. The van der Waals surface area contributed by atoms with Crippen molar-refractivity contribution in [3.8, 4) is 0 Å². The third-order valence-electron chi connectivity index (χ3n) is 4.49. The summed E-state index contributed by atoms with van der Waals surface area (Å²) in [5, 5.41) is 25.3. The van der Waals surface area contributed by atoms with Crippen molar-refractivity contribution < 1.29 is 19.4 Å². The molecule has 3 rings (SSSR count). The highest BCUT2D eigenvalue weighted by atomic mass is 35.5. The van der Waals surface area contributed by atoms with Crippen molar-refractivity contribution >= 4 is 58.2 Å². The summed E-state index contributed by atoms with van der Waals surface area (Å²) in [6.07, 6.45) is 1.29. The molecule has 178 valence electrons. The number of amides is 2. The van der Waals surface area contributed by atoms with Gasteiger partial charge in [-0.3, -0.25) is 40.7 Å². The SMILES string of the molecule is O=C(NNc1ccc([N+](=O)[O-])cc1[N+](=O)[O-])/C(=C\c1ccc(Cl)cc1Cl)NC(=O)c1ccccc1. The summed E-state index contributed by atoms with van der Waals surface area (Å²) < 4.78 is 0. The monoisotopic (exact) mass is 515 g/mol. The summed E-state index contributed by atoms with van der Waals surface area (Å²) >= 11 is 12.1. The predicted molar refractivity (Wildman–Crippen MR) is 130 cm³/mol. The lowest BCUT2D eigenvalue weighted by Gasteiger charge is -2.13. The summed E-state index contributed by atoms with van der Waals surface area (Å²) in [5.41, 5.74) is 3.61. The van der Waals surface area contributed by atoms with Crippen LogP contribution in [0.25, 0.3) is 6.08 Å². The Morgan fingerprint density at radius 1 is 0.886 bits per heavy atom. The van der Waals surface area contributed by atoms with Gasteiger partial charge in [0, 0.05) is 21.7 Å². The van der Waals surface area contributed by atoms with Gasteiger partial charge in [0.1, 0.15) is 11.4 Å². The van der Waals surface area contributed by atoms with Gasteiger partial charge in [-0.25, -0.2) is 0 Å². The highest BCUT2D eigenvalue weighted by molar-refractivity contribution is 6.35. The van der Waals surface area contributed by atoms with Gasteiger partial charge in [-0.2, -0.15) is 0 Å². The quantitative estimate of drug-likeness (QED) is 0.222. The van der Waals surface area contributed by atoms with Crippen molar-refractivity contribution in [1.82, 2.24) is 10.7 Å². The topological polar surface area (TPSA) is 157 Å². The number of hydrogen-bond acceptors (Lipinski definition) is 7. The van der Waals surface area contributed by atoms with Crippen LogP contribution in [0.5, 0.6) is 0 Å². The Kier molecular flexibility index (Phi) is 7.97. The summed E-state index contributed by atoms with van der Waals surface area (Å²) in [6.45, 7) is 0. The summed E-state index contributed by atoms with van der Waals surface area (Å²) in [4.78, 5) is 46.2. The number of nitro groups is 2. The smallest absolute Gasteiger partial charge is 0.300 e. The fourth-order valence-electron chi connectivity index (χ4n) is 2.80. The highest BCUT2D eigenvalue weighted by Crippen LogP contribution is 2.28. The van der Waals surface area contributed by atoms with Gasteiger partial charge in [0.25, 0.3) is 17.5 Å². The Morgan fingerprint density at radius 2 is 1.60 bits per heavy atom. The largest absolute Gasteiger partial charge is 0.317 e. The van der Waals surface area contributed by atoms with Gasteiger partial charge in [-0.1, -0.05) is 47.5 Å². The minimum Gasteiger partial charge on any atom is -0.317 e. The lowest BCUT2D eigenvalue weighted by Crippen LogP contribution is -2.37. The average molecular weight is 516 g/mol. The number of hydrazine groups is 1. The molecule has 3 N–H and O–H groups in total. The molecule has 2 amide bonds. The molecular formula is C22H15Cl2N5O6. The molecular weight excluding hydrogens is 501 g/mol. The standard InChI is InChI=1S/C22H15Cl2N5O6/c23-15-7-6-14(17(24)11-15)10-19(25-21(30)13-4-2-1-3-5-13)22(31)27-26-18-9-8-16(28(32)33)12-20(18)29(34)35/h1-12,26H,(H,25,30)(H,27,31)/b19-10+. The molecule has 0 atom stereocenters. The molecule has 0 aromatic heterocycles. The van der Waals surface area contributed by atoms with Crippen molar-refractivity contribution in [3.05, 3.63) is 114 Å². The Morgan fingerprint density at radius 3 is 2.23 bits per heavy atom. The maximum atomic E-state index is 12.9. The highest BCUT2D eigenvalue weighted by Gasteiger charge is 2.21. The number of carbonyl (C=O) groups is 2. The third-order valence-corrected chi connectivity index (χ3v) is 5.05. The molecule has 0 heterocycles. The minimum atomic E-state index is -0.882. The fourth-order valence-corrected chi connectivity index (χ4v) is 3.26. The molecule has 0 fully saturated rings.